The molecule has 0 aliphatic heterocycles. The quantitative estimate of drug-likeness (QED) is 0.595. The summed E-state index contributed by atoms with van der Waals surface area (Å²) in [6, 6.07) is 7.84. The molecule has 0 aliphatic carbocycles. The van der Waals surface area contributed by atoms with Gasteiger partial charge >= 0.3 is 0 Å². The van der Waals surface area contributed by atoms with Crippen molar-refractivity contribution in [3.8, 4) is 11.3 Å². The minimum atomic E-state index is -0.307. The van der Waals surface area contributed by atoms with Crippen LogP contribution < -0.4 is 5.32 Å². The van der Waals surface area contributed by atoms with Crippen LogP contribution in [0.15, 0.2) is 52.7 Å². The lowest BCUT2D eigenvalue weighted by Crippen LogP contribution is -2.12. The number of thiophene rings is 1. The average molecular weight is 343 g/mol. The van der Waals surface area contributed by atoms with Crippen LogP contribution in [0.25, 0.3) is 16.2 Å². The largest absolute Gasteiger partial charge is 0.306 e. The Morgan fingerprint density at radius 3 is 2.74 bits per heavy atom. The zero-order valence-electron chi connectivity index (χ0n) is 11.7. The maximum absolute atomic E-state index is 13.2. The first-order chi connectivity index (χ1) is 11.2. The van der Waals surface area contributed by atoms with E-state index in [-0.39, 0.29) is 11.7 Å². The highest BCUT2D eigenvalue weighted by Gasteiger charge is 2.18. The number of thiazole rings is 1. The van der Waals surface area contributed by atoms with E-state index < -0.39 is 0 Å². The van der Waals surface area contributed by atoms with Crippen molar-refractivity contribution in [2.24, 2.45) is 0 Å². The summed E-state index contributed by atoms with van der Waals surface area (Å²) in [4.78, 5) is 17.7. The number of hydrogen-bond acceptors (Lipinski definition) is 4. The fraction of sp³-hybridized carbons (Fsp3) is 0. The molecule has 0 saturated carbocycles. The van der Waals surface area contributed by atoms with Crippen molar-refractivity contribution in [3.63, 3.8) is 0 Å². The summed E-state index contributed by atoms with van der Waals surface area (Å²) in [7, 11) is 0. The van der Waals surface area contributed by atoms with E-state index in [1.807, 2.05) is 21.4 Å². The number of benzene rings is 1. The Morgan fingerprint density at radius 1 is 1.17 bits per heavy atom. The molecule has 0 atom stereocenters. The van der Waals surface area contributed by atoms with E-state index in [1.165, 1.54) is 34.8 Å². The van der Waals surface area contributed by atoms with Gasteiger partial charge in [-0.05, 0) is 35.7 Å². The van der Waals surface area contributed by atoms with Crippen LogP contribution in [-0.2, 0) is 0 Å². The molecular formula is C16H10FN3OS2. The van der Waals surface area contributed by atoms with Crippen LogP contribution >= 0.6 is 22.7 Å². The molecule has 3 aromatic heterocycles. The summed E-state index contributed by atoms with van der Waals surface area (Å²) in [6.07, 6.45) is 1.85. The molecule has 0 aliphatic rings. The molecule has 0 spiro atoms. The van der Waals surface area contributed by atoms with E-state index in [9.17, 15) is 9.18 Å². The fourth-order valence-electron chi connectivity index (χ4n) is 2.29. The molecule has 0 fully saturated rings. The molecule has 7 heteroatoms. The first-order valence-corrected chi connectivity index (χ1v) is 8.59. The molecule has 4 nitrogen and oxygen atoms in total. The Hall–Kier alpha value is -2.51. The van der Waals surface area contributed by atoms with Crippen LogP contribution in [0.5, 0.6) is 0 Å². The topological polar surface area (TPSA) is 46.4 Å². The molecule has 0 bridgehead atoms. The Bertz CT molecular complexity index is 971. The smallest absolute Gasteiger partial charge is 0.257 e. The van der Waals surface area contributed by atoms with Crippen molar-refractivity contribution >= 4 is 39.4 Å². The second-order valence-electron chi connectivity index (χ2n) is 4.84. The fourth-order valence-corrected chi connectivity index (χ4v) is 3.64. The molecule has 1 aromatic carbocycles. The molecule has 1 N–H and O–H groups in total. The lowest BCUT2D eigenvalue weighted by molar-refractivity contribution is 0.102. The zero-order chi connectivity index (χ0) is 15.8. The summed E-state index contributed by atoms with van der Waals surface area (Å²) in [5.74, 6) is 0.0882. The van der Waals surface area contributed by atoms with Gasteiger partial charge in [0.2, 0.25) is 0 Å². The van der Waals surface area contributed by atoms with Gasteiger partial charge in [0.1, 0.15) is 17.3 Å². The second kappa shape index (κ2) is 5.60. The van der Waals surface area contributed by atoms with Crippen LogP contribution in [-0.4, -0.2) is 15.3 Å². The number of rotatable bonds is 3. The van der Waals surface area contributed by atoms with Crippen molar-refractivity contribution < 1.29 is 9.18 Å². The van der Waals surface area contributed by atoms with Gasteiger partial charge in [-0.25, -0.2) is 9.37 Å². The average Bonchev–Trinajstić information content (AvgIpc) is 3.26. The molecule has 0 saturated heterocycles. The maximum atomic E-state index is 13.2. The first kappa shape index (κ1) is 14.1. The van der Waals surface area contributed by atoms with Crippen LogP contribution in [0, 0.1) is 5.82 Å². The van der Waals surface area contributed by atoms with Gasteiger partial charge in [0.15, 0.2) is 4.96 Å². The number of aromatic nitrogens is 2. The number of nitrogens with one attached hydrogen (secondary N) is 1. The van der Waals surface area contributed by atoms with Crippen molar-refractivity contribution in [2.75, 3.05) is 5.32 Å². The Balaban J connectivity index is 1.80. The van der Waals surface area contributed by atoms with E-state index in [1.54, 1.807) is 23.6 Å². The van der Waals surface area contributed by atoms with E-state index in [0.29, 0.717) is 17.1 Å². The summed E-state index contributed by atoms with van der Waals surface area (Å²) < 4.78 is 15.0. The van der Waals surface area contributed by atoms with Crippen molar-refractivity contribution in [2.45, 2.75) is 0 Å². The van der Waals surface area contributed by atoms with Crippen LogP contribution in [0.2, 0.25) is 0 Å². The highest BCUT2D eigenvalue weighted by Crippen LogP contribution is 2.31. The Labute approximate surface area is 138 Å². The Morgan fingerprint density at radius 2 is 2.00 bits per heavy atom. The Kier molecular flexibility index (Phi) is 3.44. The van der Waals surface area contributed by atoms with Gasteiger partial charge in [0, 0.05) is 22.5 Å². The van der Waals surface area contributed by atoms with Gasteiger partial charge in [-0.15, -0.1) is 11.3 Å². The first-order valence-electron chi connectivity index (χ1n) is 6.77. The number of fused-ring (bicyclic) bond motifs is 1. The number of hydrogen-bond donors (Lipinski definition) is 1. The van der Waals surface area contributed by atoms with Gasteiger partial charge in [-0.2, -0.15) is 11.3 Å². The second-order valence-corrected chi connectivity index (χ2v) is 6.49. The minimum Gasteiger partial charge on any atom is -0.306 e. The maximum Gasteiger partial charge on any atom is 0.257 e. The molecule has 4 aromatic rings. The van der Waals surface area contributed by atoms with Gasteiger partial charge in [0.05, 0.1) is 5.56 Å². The summed E-state index contributed by atoms with van der Waals surface area (Å²) in [6.45, 7) is 0. The molecule has 23 heavy (non-hydrogen) atoms. The third kappa shape index (κ3) is 2.54. The zero-order valence-corrected chi connectivity index (χ0v) is 13.3. The summed E-state index contributed by atoms with van der Waals surface area (Å²) in [5, 5.41) is 8.46. The molecule has 114 valence electrons. The van der Waals surface area contributed by atoms with E-state index in [2.05, 4.69) is 10.3 Å². The summed E-state index contributed by atoms with van der Waals surface area (Å²) >= 11 is 2.94. The molecule has 0 radical (unpaired) electrons. The molecule has 4 rings (SSSR count). The van der Waals surface area contributed by atoms with Gasteiger partial charge in [-0.1, -0.05) is 0 Å². The van der Waals surface area contributed by atoms with Crippen LogP contribution in [0.4, 0.5) is 10.2 Å². The molecule has 3 heterocycles. The number of anilines is 1. The van der Waals surface area contributed by atoms with Crippen LogP contribution in [0.3, 0.4) is 0 Å². The van der Waals surface area contributed by atoms with E-state index in [0.717, 1.165) is 10.5 Å². The summed E-state index contributed by atoms with van der Waals surface area (Å²) in [5.41, 5.74) is 1.98. The lowest BCUT2D eigenvalue weighted by Gasteiger charge is -2.06. The van der Waals surface area contributed by atoms with Gasteiger partial charge < -0.3 is 5.32 Å². The number of halogens is 1. The lowest BCUT2D eigenvalue weighted by atomic mass is 10.1. The van der Waals surface area contributed by atoms with Crippen molar-refractivity contribution in [1.29, 1.82) is 0 Å². The predicted octanol–water partition coefficient (Wildman–Crippen LogP) is 4.52. The number of carbonyl (C=O) groups excluding carboxylic acids is 1. The monoisotopic (exact) mass is 343 g/mol. The SMILES string of the molecule is O=C(Nc1c(-c2ccc(F)cc2)nc2sccn12)c1ccsc1. The third-order valence-corrected chi connectivity index (χ3v) is 4.83. The number of amides is 1. The molecular weight excluding hydrogens is 333 g/mol. The van der Waals surface area contributed by atoms with Gasteiger partial charge in [0.25, 0.3) is 5.91 Å². The normalized spacial score (nSPS) is 11.0. The van der Waals surface area contributed by atoms with Crippen molar-refractivity contribution in [3.05, 3.63) is 64.0 Å². The minimum absolute atomic E-state index is 0.192. The number of carbonyl (C=O) groups is 1. The van der Waals surface area contributed by atoms with Gasteiger partial charge in [-0.3, -0.25) is 9.20 Å². The van der Waals surface area contributed by atoms with E-state index in [4.69, 9.17) is 0 Å². The van der Waals surface area contributed by atoms with E-state index >= 15 is 0 Å². The van der Waals surface area contributed by atoms with Crippen molar-refractivity contribution in [1.82, 2.24) is 9.38 Å². The highest BCUT2D eigenvalue weighted by atomic mass is 32.1. The highest BCUT2D eigenvalue weighted by molar-refractivity contribution is 7.15. The predicted molar refractivity (Wildman–Crippen MR) is 90.7 cm³/mol. The van der Waals surface area contributed by atoms with Crippen LogP contribution in [0.1, 0.15) is 10.4 Å². The number of nitrogens with zero attached hydrogens (tertiary/aromatic N) is 2. The third-order valence-electron chi connectivity index (χ3n) is 3.40. The standard InChI is InChI=1S/C16H10FN3OS2/c17-12-3-1-10(2-4-12)13-14(20-6-8-23-16(20)18-13)19-15(21)11-5-7-22-9-11/h1-9H,(H,19,21). The number of imidazole rings is 1. The molecule has 0 unspecified atom stereocenters. The molecule has 1 amide bonds.